The van der Waals surface area contributed by atoms with Gasteiger partial charge in [-0.25, -0.2) is 4.79 Å². The molecule has 4 saturated heterocycles. The number of ketones is 1. The number of esters is 1. The Morgan fingerprint density at radius 1 is 1.15 bits per heavy atom. The first-order chi connectivity index (χ1) is 22.1. The lowest BCUT2D eigenvalue weighted by Gasteiger charge is -2.58. The number of piperidine rings is 2. The molecule has 262 valence electrons. The monoisotopic (exact) mass is 649 g/mol. The molecule has 1 saturated carbocycles. The maximum atomic E-state index is 13.6. The summed E-state index contributed by atoms with van der Waals surface area (Å²) < 4.78 is 19.9. The molecule has 4 aliphatic heterocycles. The van der Waals surface area contributed by atoms with E-state index in [4.69, 9.17) is 25.7 Å². The number of likely N-dealkylation sites (N-methyl/N-ethyl adjacent to an activating group) is 1. The lowest BCUT2D eigenvalue weighted by Crippen LogP contribution is -2.68. The quantitative estimate of drug-likeness (QED) is 0.123. The smallest absolute Gasteiger partial charge is 0.335 e. The summed E-state index contributed by atoms with van der Waals surface area (Å²) in [4.78, 5) is 27.1. The lowest BCUT2D eigenvalue weighted by atomic mass is 9.60. The van der Waals surface area contributed by atoms with Crippen molar-refractivity contribution in [3.63, 3.8) is 0 Å². The second kappa shape index (κ2) is 15.8. The topological polar surface area (TPSA) is 190 Å². The van der Waals surface area contributed by atoms with Gasteiger partial charge in [-0.3, -0.25) is 4.79 Å². The normalized spacial score (nSPS) is 43.5. The summed E-state index contributed by atoms with van der Waals surface area (Å²) >= 11 is 0. The van der Waals surface area contributed by atoms with Gasteiger partial charge in [0.25, 0.3) is 0 Å². The van der Waals surface area contributed by atoms with Gasteiger partial charge < -0.3 is 51.8 Å². The highest BCUT2D eigenvalue weighted by Crippen LogP contribution is 2.52. The van der Waals surface area contributed by atoms with Gasteiger partial charge in [0.2, 0.25) is 0 Å². The molecule has 0 bridgehead atoms. The number of ether oxygens (including phenoxy) is 3. The average molecular weight is 650 g/mol. The minimum Gasteiger partial charge on any atom is -0.456 e. The van der Waals surface area contributed by atoms with Gasteiger partial charge in [-0.1, -0.05) is 13.0 Å². The second-order valence-electron chi connectivity index (χ2n) is 14.7. The first-order valence-corrected chi connectivity index (χ1v) is 17.8. The average Bonchev–Trinajstić information content (AvgIpc) is 3.03. The number of carbonyl (C=O) groups is 2. The number of hydrogen-bond acceptors (Lipinski definition) is 12. The van der Waals surface area contributed by atoms with E-state index in [-0.39, 0.29) is 37.1 Å². The van der Waals surface area contributed by atoms with Crippen LogP contribution in [0.3, 0.4) is 0 Å². The van der Waals surface area contributed by atoms with Crippen LogP contribution < -0.4 is 27.4 Å². The first kappa shape index (κ1) is 35.8. The number of rotatable bonds is 11. The zero-order valence-electron chi connectivity index (χ0n) is 28.0. The summed E-state index contributed by atoms with van der Waals surface area (Å²) in [5, 5.41) is 31.8. The summed E-state index contributed by atoms with van der Waals surface area (Å²) in [7, 11) is 0. The van der Waals surface area contributed by atoms with Gasteiger partial charge in [-0.05, 0) is 96.7 Å². The van der Waals surface area contributed by atoms with E-state index in [2.05, 4.69) is 16.0 Å². The number of Topliss-reactive ketones (excluding diaryl/α,β-unsaturated/α-hetero) is 1. The summed E-state index contributed by atoms with van der Waals surface area (Å²) in [6, 6.07) is 0. The molecule has 0 radical (unpaired) electrons. The van der Waals surface area contributed by atoms with Crippen LogP contribution in [-0.4, -0.2) is 103 Å². The third-order valence-electron chi connectivity index (χ3n) is 11.5. The molecule has 4 heterocycles. The fourth-order valence-corrected chi connectivity index (χ4v) is 8.78. The van der Waals surface area contributed by atoms with E-state index in [9.17, 15) is 19.8 Å². The molecule has 5 rings (SSSR count). The first-order valence-electron chi connectivity index (χ1n) is 17.8. The molecule has 13 atom stereocenters. The number of allylic oxidation sites excluding steroid dienone is 1. The fourth-order valence-electron chi connectivity index (χ4n) is 8.78. The second-order valence-corrected chi connectivity index (χ2v) is 14.7. The van der Waals surface area contributed by atoms with Crippen molar-refractivity contribution in [1.82, 2.24) is 16.0 Å². The number of nitrogens with two attached hydrogens (primary N) is 2. The molecular formula is C34H59N5O7. The Morgan fingerprint density at radius 3 is 2.63 bits per heavy atom. The fraction of sp³-hybridized carbons (Fsp3) is 0.882. The third kappa shape index (κ3) is 8.03. The molecule has 0 spiro atoms. The largest absolute Gasteiger partial charge is 0.456 e. The molecule has 0 amide bonds. The van der Waals surface area contributed by atoms with Crippen LogP contribution in [0.2, 0.25) is 0 Å². The van der Waals surface area contributed by atoms with Crippen molar-refractivity contribution in [3.8, 4) is 0 Å². The van der Waals surface area contributed by atoms with Crippen LogP contribution in [0.4, 0.5) is 0 Å². The zero-order valence-corrected chi connectivity index (χ0v) is 28.0. The molecule has 1 aliphatic carbocycles. The molecule has 9 N–H and O–H groups in total. The highest BCUT2D eigenvalue weighted by molar-refractivity contribution is 5.89. The maximum Gasteiger partial charge on any atom is 0.335 e. The van der Waals surface area contributed by atoms with Gasteiger partial charge in [-0.15, -0.1) is 0 Å². The number of nitrogens with one attached hydrogen (secondary N) is 3. The Balaban J connectivity index is 1.45. The summed E-state index contributed by atoms with van der Waals surface area (Å²) in [6.45, 7) is 8.39. The molecule has 46 heavy (non-hydrogen) atoms. The van der Waals surface area contributed by atoms with Crippen LogP contribution in [0.25, 0.3) is 0 Å². The van der Waals surface area contributed by atoms with Crippen molar-refractivity contribution in [3.05, 3.63) is 11.6 Å². The van der Waals surface area contributed by atoms with E-state index in [0.29, 0.717) is 36.8 Å². The number of aliphatic hydroxyl groups excluding tert-OH is 2. The van der Waals surface area contributed by atoms with Gasteiger partial charge in [0, 0.05) is 30.4 Å². The van der Waals surface area contributed by atoms with Crippen LogP contribution in [0, 0.1) is 29.6 Å². The van der Waals surface area contributed by atoms with Crippen LogP contribution in [0.1, 0.15) is 78.6 Å². The van der Waals surface area contributed by atoms with E-state index in [1.54, 1.807) is 6.08 Å². The van der Waals surface area contributed by atoms with Crippen LogP contribution >= 0.6 is 0 Å². The van der Waals surface area contributed by atoms with Gasteiger partial charge in [0.15, 0.2) is 0 Å². The Hall–Kier alpha value is -1.48. The van der Waals surface area contributed by atoms with Crippen molar-refractivity contribution in [1.29, 1.82) is 0 Å². The maximum absolute atomic E-state index is 13.6. The van der Waals surface area contributed by atoms with Crippen molar-refractivity contribution in [2.75, 3.05) is 32.8 Å². The Bertz CT molecular complexity index is 1070. The SMILES string of the molecule is CC=C(CNCC)C(=O)OC1CC2C(O)C3C(=O)CC(CO)OC3C(CC3CCNC(N)C3)C2OC1(C)CCC1CCC(N)NC1. The van der Waals surface area contributed by atoms with E-state index >= 15 is 0 Å². The Kier molecular flexibility index (Phi) is 12.3. The molecule has 12 heteroatoms. The molecule has 0 aromatic rings. The lowest BCUT2D eigenvalue weighted by molar-refractivity contribution is -0.286. The molecule has 0 aromatic heterocycles. The standard InChI is InChI=1S/C34H59N5O7/c1-4-21(17-37-5-2)33(43)45-26-15-23-30(42)29-25(41)14-22(18-40)44-32(29)24(12-20-9-11-38-28(36)13-20)31(23)46-34(26,3)10-8-19-6-7-27(35)39-16-19/h4,19-20,22-24,26-32,37-40,42H,5-18,35-36H2,1-3H3. The number of fused-ring (bicyclic) bond motifs is 2. The van der Waals surface area contributed by atoms with Crippen LogP contribution in [0.15, 0.2) is 11.6 Å². The minimum atomic E-state index is -1.01. The van der Waals surface area contributed by atoms with E-state index in [1.807, 2.05) is 20.8 Å². The van der Waals surface area contributed by atoms with E-state index < -0.39 is 53.9 Å². The Labute approximate surface area is 274 Å². The number of aliphatic hydroxyl groups is 2. The van der Waals surface area contributed by atoms with Crippen molar-refractivity contribution in [2.24, 2.45) is 41.1 Å². The van der Waals surface area contributed by atoms with Gasteiger partial charge in [0.1, 0.15) is 17.5 Å². The molecule has 12 nitrogen and oxygen atoms in total. The number of hydrogen-bond donors (Lipinski definition) is 7. The van der Waals surface area contributed by atoms with Crippen molar-refractivity contribution < 1.29 is 34.0 Å². The van der Waals surface area contributed by atoms with Crippen molar-refractivity contribution >= 4 is 11.8 Å². The van der Waals surface area contributed by atoms with Gasteiger partial charge >= 0.3 is 5.97 Å². The molecule has 5 aliphatic rings. The molecule has 0 aromatic carbocycles. The minimum absolute atomic E-state index is 0.0182. The highest BCUT2D eigenvalue weighted by Gasteiger charge is 2.61. The number of carbonyl (C=O) groups excluding carboxylic acids is 2. The summed E-state index contributed by atoms with van der Waals surface area (Å²) in [5.41, 5.74) is 12.1. The van der Waals surface area contributed by atoms with Crippen molar-refractivity contribution in [2.45, 2.75) is 127 Å². The summed E-state index contributed by atoms with van der Waals surface area (Å²) in [5.74, 6) is -1.06. The van der Waals surface area contributed by atoms with Gasteiger partial charge in [-0.2, -0.15) is 0 Å². The zero-order chi connectivity index (χ0) is 33.0. The van der Waals surface area contributed by atoms with Gasteiger partial charge in [0.05, 0.1) is 49.3 Å². The van der Waals surface area contributed by atoms with E-state index in [0.717, 1.165) is 58.2 Å². The molecule has 13 unspecified atom stereocenters. The molecule has 5 fully saturated rings. The molecular weight excluding hydrogens is 590 g/mol. The Morgan fingerprint density at radius 2 is 1.96 bits per heavy atom. The third-order valence-corrected chi connectivity index (χ3v) is 11.5. The highest BCUT2D eigenvalue weighted by atomic mass is 16.6. The summed E-state index contributed by atoms with van der Waals surface area (Å²) in [6.07, 6.45) is 4.94. The van der Waals surface area contributed by atoms with Crippen LogP contribution in [0.5, 0.6) is 0 Å². The predicted octanol–water partition coefficient (Wildman–Crippen LogP) is 0.683. The van der Waals surface area contributed by atoms with E-state index in [1.165, 1.54) is 0 Å². The van der Waals surface area contributed by atoms with Crippen LogP contribution in [-0.2, 0) is 23.8 Å². The predicted molar refractivity (Wildman–Crippen MR) is 173 cm³/mol.